The Morgan fingerprint density at radius 3 is 1.50 bits per heavy atom. The topological polar surface area (TPSA) is 66.4 Å². The van der Waals surface area contributed by atoms with E-state index in [4.69, 9.17) is 5.11 Å². The number of hydrogen-bond acceptors (Lipinski definition) is 2. The van der Waals surface area contributed by atoms with Crippen LogP contribution in [0.1, 0.15) is 143 Å². The Balaban J connectivity index is 3.33. The van der Waals surface area contributed by atoms with Gasteiger partial charge in [0.15, 0.2) is 0 Å². The highest BCUT2D eigenvalue weighted by atomic mass is 16.4. The third kappa shape index (κ3) is 20.6. The quantitative estimate of drug-likeness (QED) is 0.121. The van der Waals surface area contributed by atoms with Crippen LogP contribution >= 0.6 is 0 Å². The minimum atomic E-state index is -0.951. The summed E-state index contributed by atoms with van der Waals surface area (Å²) in [5.74, 6) is -1.18. The molecule has 0 aliphatic heterocycles. The number of unbranched alkanes of at least 4 members (excludes halogenated alkanes) is 16. The summed E-state index contributed by atoms with van der Waals surface area (Å²) in [6, 6.07) is -0.774. The predicted molar refractivity (Wildman–Crippen MR) is 137 cm³/mol. The van der Waals surface area contributed by atoms with E-state index >= 15 is 0 Å². The Labute approximate surface area is 199 Å². The number of rotatable bonds is 23. The van der Waals surface area contributed by atoms with Gasteiger partial charge in [0.2, 0.25) is 5.91 Å². The van der Waals surface area contributed by atoms with Crippen molar-refractivity contribution in [1.29, 1.82) is 0 Å². The molecule has 0 aromatic rings. The van der Waals surface area contributed by atoms with Crippen LogP contribution < -0.4 is 5.32 Å². The van der Waals surface area contributed by atoms with Gasteiger partial charge < -0.3 is 10.4 Å². The third-order valence-electron chi connectivity index (χ3n) is 6.16. The first-order chi connectivity index (χ1) is 15.5. The molecule has 0 aliphatic rings. The number of carboxylic acid groups (broad SMARTS) is 1. The van der Waals surface area contributed by atoms with Crippen molar-refractivity contribution in [2.24, 2.45) is 5.92 Å². The Morgan fingerprint density at radius 1 is 0.688 bits per heavy atom. The lowest BCUT2D eigenvalue weighted by Crippen LogP contribution is -2.44. The first-order valence-corrected chi connectivity index (χ1v) is 13.7. The van der Waals surface area contributed by atoms with Crippen LogP contribution in [0.2, 0.25) is 0 Å². The van der Waals surface area contributed by atoms with E-state index in [1.54, 1.807) is 0 Å². The highest BCUT2D eigenvalue weighted by molar-refractivity contribution is 5.83. The molecule has 4 heteroatoms. The molecule has 0 bridgehead atoms. The van der Waals surface area contributed by atoms with Crippen molar-refractivity contribution in [1.82, 2.24) is 5.32 Å². The summed E-state index contributed by atoms with van der Waals surface area (Å²) in [4.78, 5) is 23.0. The van der Waals surface area contributed by atoms with E-state index in [0.717, 1.165) is 12.8 Å². The summed E-state index contributed by atoms with van der Waals surface area (Å²) in [6.45, 7) is 5.90. The minimum Gasteiger partial charge on any atom is -0.480 e. The normalized spacial score (nSPS) is 12.5. The second-order valence-corrected chi connectivity index (χ2v) is 9.73. The lowest BCUT2D eigenvalue weighted by atomic mass is 10.0. The zero-order valence-electron chi connectivity index (χ0n) is 21.5. The van der Waals surface area contributed by atoms with Gasteiger partial charge in [-0.15, -0.1) is 0 Å². The maximum absolute atomic E-state index is 11.9. The van der Waals surface area contributed by atoms with Crippen LogP contribution in [0.4, 0.5) is 0 Å². The van der Waals surface area contributed by atoms with Gasteiger partial charge >= 0.3 is 5.97 Å². The maximum atomic E-state index is 11.9. The molecular weight excluding hydrogens is 398 g/mol. The number of carbonyl (C=O) groups is 2. The number of aliphatic carboxylic acids is 1. The molecule has 188 valence electrons. The van der Waals surface area contributed by atoms with Crippen LogP contribution in [0.3, 0.4) is 0 Å². The lowest BCUT2D eigenvalue weighted by Gasteiger charge is -2.17. The summed E-state index contributed by atoms with van der Waals surface area (Å²) < 4.78 is 0. The predicted octanol–water partition coefficient (Wildman–Crippen LogP) is 8.20. The highest BCUT2D eigenvalue weighted by Crippen LogP contribution is 2.13. The molecule has 0 rings (SSSR count). The first kappa shape index (κ1) is 30.7. The second kappa shape index (κ2) is 22.9. The summed E-state index contributed by atoms with van der Waals surface area (Å²) >= 11 is 0. The van der Waals surface area contributed by atoms with Gasteiger partial charge in [-0.2, -0.15) is 0 Å². The highest BCUT2D eigenvalue weighted by Gasteiger charge is 2.22. The van der Waals surface area contributed by atoms with Crippen molar-refractivity contribution >= 4 is 11.9 Å². The lowest BCUT2D eigenvalue weighted by molar-refractivity contribution is -0.143. The van der Waals surface area contributed by atoms with Gasteiger partial charge in [-0.1, -0.05) is 116 Å². The van der Waals surface area contributed by atoms with Gasteiger partial charge in [-0.05, 0) is 38.0 Å². The number of allylic oxidation sites excluding steroid dienone is 2. The Kier molecular flexibility index (Phi) is 21.9. The molecule has 0 saturated heterocycles. The summed E-state index contributed by atoms with van der Waals surface area (Å²) in [7, 11) is 0. The zero-order chi connectivity index (χ0) is 23.9. The van der Waals surface area contributed by atoms with Crippen LogP contribution in [0.15, 0.2) is 12.2 Å². The van der Waals surface area contributed by atoms with Crippen molar-refractivity contribution in [2.45, 2.75) is 149 Å². The Morgan fingerprint density at radius 2 is 1.09 bits per heavy atom. The molecule has 1 amide bonds. The number of amides is 1. The number of carbonyl (C=O) groups excluding carboxylic acids is 1. The Bertz CT molecular complexity index is 473. The zero-order valence-corrected chi connectivity index (χ0v) is 21.5. The summed E-state index contributed by atoms with van der Waals surface area (Å²) in [5, 5.41) is 11.7. The summed E-state index contributed by atoms with van der Waals surface area (Å²) in [6.07, 6.45) is 28.3. The number of carboxylic acids is 1. The van der Waals surface area contributed by atoms with E-state index < -0.39 is 12.0 Å². The maximum Gasteiger partial charge on any atom is 0.326 e. The molecule has 0 saturated carbocycles. The number of hydrogen-bond donors (Lipinski definition) is 2. The molecule has 0 aromatic heterocycles. The number of nitrogens with one attached hydrogen (secondary N) is 1. The fourth-order valence-electron chi connectivity index (χ4n) is 4.00. The standard InChI is InChI=1S/C28H53NO3/c1-4-5-6-7-8-9-10-11-12-13-14-15-16-17-18-19-20-21-22-23-24-26(30)29-27(25(2)3)28(31)32/h11-12,25,27H,4-10,13-24H2,1-3H3,(H,29,30)(H,31,32). The van der Waals surface area contributed by atoms with Crippen molar-refractivity contribution in [3.63, 3.8) is 0 Å². The fraction of sp³-hybridized carbons (Fsp3) is 0.857. The molecule has 0 radical (unpaired) electrons. The van der Waals surface area contributed by atoms with Crippen molar-refractivity contribution < 1.29 is 14.7 Å². The largest absolute Gasteiger partial charge is 0.480 e. The first-order valence-electron chi connectivity index (χ1n) is 13.7. The molecule has 32 heavy (non-hydrogen) atoms. The monoisotopic (exact) mass is 451 g/mol. The molecule has 0 aromatic carbocycles. The molecule has 1 unspecified atom stereocenters. The van der Waals surface area contributed by atoms with Gasteiger partial charge in [-0.3, -0.25) is 4.79 Å². The van der Waals surface area contributed by atoms with Gasteiger partial charge in [0, 0.05) is 6.42 Å². The van der Waals surface area contributed by atoms with Crippen molar-refractivity contribution in [3.05, 3.63) is 12.2 Å². The average molecular weight is 452 g/mol. The van der Waals surface area contributed by atoms with Crippen LogP contribution in [-0.2, 0) is 9.59 Å². The fourth-order valence-corrected chi connectivity index (χ4v) is 4.00. The SMILES string of the molecule is CCCCCCCCC=CCCCCCCCCCCCCC(=O)NC(C(=O)O)C(C)C. The van der Waals surface area contributed by atoms with Crippen LogP contribution in [0, 0.1) is 5.92 Å². The minimum absolute atomic E-state index is 0.0946. The van der Waals surface area contributed by atoms with E-state index in [0.29, 0.717) is 6.42 Å². The van der Waals surface area contributed by atoms with Gasteiger partial charge in [0.25, 0.3) is 0 Å². The van der Waals surface area contributed by atoms with Crippen LogP contribution in [-0.4, -0.2) is 23.0 Å². The summed E-state index contributed by atoms with van der Waals surface area (Å²) in [5.41, 5.74) is 0. The van der Waals surface area contributed by atoms with E-state index in [2.05, 4.69) is 24.4 Å². The van der Waals surface area contributed by atoms with E-state index in [9.17, 15) is 9.59 Å². The molecule has 2 N–H and O–H groups in total. The van der Waals surface area contributed by atoms with Gasteiger partial charge in [-0.25, -0.2) is 4.79 Å². The molecule has 0 aliphatic carbocycles. The molecule has 0 heterocycles. The van der Waals surface area contributed by atoms with E-state index in [1.807, 2.05) is 13.8 Å². The van der Waals surface area contributed by atoms with Crippen LogP contribution in [0.25, 0.3) is 0 Å². The molecule has 1 atom stereocenters. The van der Waals surface area contributed by atoms with Crippen LogP contribution in [0.5, 0.6) is 0 Å². The van der Waals surface area contributed by atoms with E-state index in [-0.39, 0.29) is 11.8 Å². The van der Waals surface area contributed by atoms with Crippen molar-refractivity contribution in [2.75, 3.05) is 0 Å². The molecule has 0 fully saturated rings. The second-order valence-electron chi connectivity index (χ2n) is 9.73. The molecular formula is C28H53NO3. The van der Waals surface area contributed by atoms with E-state index in [1.165, 1.54) is 103 Å². The molecule has 4 nitrogen and oxygen atoms in total. The smallest absolute Gasteiger partial charge is 0.326 e. The third-order valence-corrected chi connectivity index (χ3v) is 6.16. The van der Waals surface area contributed by atoms with Gasteiger partial charge in [0.1, 0.15) is 6.04 Å². The Hall–Kier alpha value is -1.32. The molecule has 0 spiro atoms. The van der Waals surface area contributed by atoms with Crippen molar-refractivity contribution in [3.8, 4) is 0 Å². The van der Waals surface area contributed by atoms with Gasteiger partial charge in [0.05, 0.1) is 0 Å². The average Bonchev–Trinajstić information content (AvgIpc) is 2.75.